The van der Waals surface area contributed by atoms with E-state index in [9.17, 15) is 23.2 Å². The Morgan fingerprint density at radius 1 is 1.09 bits per heavy atom. The standard InChI is InChI=1S/C24H16F2O6/c1-12-23(29)19(26)8-17-22(15-5-3-14(10-27)4-6-15)16-7-18(25)21(31-11-30-13(2)28)9-20(16)32-24(12)17/h3-10H,11H2,1-2H3. The molecule has 0 bridgehead atoms. The van der Waals surface area contributed by atoms with E-state index in [-0.39, 0.29) is 28.2 Å². The van der Waals surface area contributed by atoms with E-state index in [1.807, 2.05) is 0 Å². The van der Waals surface area contributed by atoms with Crippen molar-refractivity contribution in [2.75, 3.05) is 6.79 Å². The number of hydrogen-bond donors (Lipinski definition) is 0. The second-order valence-corrected chi connectivity index (χ2v) is 7.08. The Labute approximate surface area is 180 Å². The molecule has 4 rings (SSSR count). The number of ether oxygens (including phenoxy) is 2. The lowest BCUT2D eigenvalue weighted by Gasteiger charge is -2.18. The van der Waals surface area contributed by atoms with Crippen LogP contribution in [0, 0.1) is 18.6 Å². The normalized spacial score (nSPS) is 11.0. The van der Waals surface area contributed by atoms with E-state index in [1.54, 1.807) is 24.3 Å². The predicted octanol–water partition coefficient (Wildman–Crippen LogP) is 4.86. The van der Waals surface area contributed by atoms with Crippen molar-refractivity contribution in [2.45, 2.75) is 13.8 Å². The molecule has 0 saturated carbocycles. The fraction of sp³-hybridized carbons (Fsp3) is 0.125. The lowest BCUT2D eigenvalue weighted by molar-refractivity contribution is -0.147. The number of benzene rings is 3. The van der Waals surface area contributed by atoms with Crippen LogP contribution in [0.3, 0.4) is 0 Å². The first kappa shape index (κ1) is 21.2. The zero-order valence-electron chi connectivity index (χ0n) is 17.0. The van der Waals surface area contributed by atoms with Crippen molar-refractivity contribution in [3.05, 3.63) is 75.4 Å². The van der Waals surface area contributed by atoms with Gasteiger partial charge in [0.2, 0.25) is 12.2 Å². The fourth-order valence-electron chi connectivity index (χ4n) is 3.45. The van der Waals surface area contributed by atoms with Crippen molar-refractivity contribution in [3.63, 3.8) is 0 Å². The molecule has 0 amide bonds. The van der Waals surface area contributed by atoms with Crippen molar-refractivity contribution < 1.29 is 32.3 Å². The van der Waals surface area contributed by atoms with Crippen LogP contribution in [-0.2, 0) is 9.53 Å². The first-order valence-electron chi connectivity index (χ1n) is 9.51. The van der Waals surface area contributed by atoms with Crippen LogP contribution in [0.2, 0.25) is 0 Å². The monoisotopic (exact) mass is 438 g/mol. The second kappa shape index (κ2) is 8.22. The summed E-state index contributed by atoms with van der Waals surface area (Å²) < 4.78 is 44.9. The van der Waals surface area contributed by atoms with E-state index < -0.39 is 29.8 Å². The van der Waals surface area contributed by atoms with E-state index in [0.717, 1.165) is 12.1 Å². The third kappa shape index (κ3) is 3.71. The summed E-state index contributed by atoms with van der Waals surface area (Å²) in [5.74, 6) is -2.41. The zero-order valence-corrected chi connectivity index (χ0v) is 17.0. The molecule has 0 unspecified atom stereocenters. The molecule has 2 aromatic rings. The number of carbonyl (C=O) groups is 2. The molecule has 1 heterocycles. The molecule has 0 atom stereocenters. The van der Waals surface area contributed by atoms with E-state index in [2.05, 4.69) is 4.74 Å². The number of fused-ring (bicyclic) bond motifs is 2. The lowest BCUT2D eigenvalue weighted by Crippen LogP contribution is -2.12. The Hall–Kier alpha value is -4.07. The highest BCUT2D eigenvalue weighted by Crippen LogP contribution is 2.42. The summed E-state index contributed by atoms with van der Waals surface area (Å²) in [7, 11) is 0. The summed E-state index contributed by atoms with van der Waals surface area (Å²) in [5.41, 5.74) is 1.10. The highest BCUT2D eigenvalue weighted by Gasteiger charge is 2.24. The van der Waals surface area contributed by atoms with Crippen molar-refractivity contribution >= 4 is 23.2 Å². The molecule has 162 valence electrons. The number of carbonyl (C=O) groups excluding carboxylic acids is 2. The van der Waals surface area contributed by atoms with Gasteiger partial charge in [-0.15, -0.1) is 0 Å². The van der Waals surface area contributed by atoms with Gasteiger partial charge in [0.1, 0.15) is 17.6 Å². The summed E-state index contributed by atoms with van der Waals surface area (Å²) in [6, 6.07) is 9.90. The van der Waals surface area contributed by atoms with E-state index in [0.29, 0.717) is 28.4 Å². The molecular weight excluding hydrogens is 422 g/mol. The second-order valence-electron chi connectivity index (χ2n) is 7.08. The van der Waals surface area contributed by atoms with Crippen LogP contribution in [0.4, 0.5) is 8.78 Å². The predicted molar refractivity (Wildman–Crippen MR) is 112 cm³/mol. The molecule has 2 aromatic carbocycles. The average Bonchev–Trinajstić information content (AvgIpc) is 2.77. The van der Waals surface area contributed by atoms with Gasteiger partial charge in [-0.1, -0.05) is 24.3 Å². The van der Waals surface area contributed by atoms with Crippen LogP contribution in [0.15, 0.2) is 51.7 Å². The molecule has 0 radical (unpaired) electrons. The van der Waals surface area contributed by atoms with Crippen LogP contribution >= 0.6 is 0 Å². The van der Waals surface area contributed by atoms with Gasteiger partial charge in [0.05, 0.1) is 0 Å². The molecule has 8 heteroatoms. The van der Waals surface area contributed by atoms with Gasteiger partial charge in [-0.3, -0.25) is 14.4 Å². The molecule has 0 saturated heterocycles. The highest BCUT2D eigenvalue weighted by molar-refractivity contribution is 6.02. The molecule has 0 spiro atoms. The first-order valence-corrected chi connectivity index (χ1v) is 9.51. The summed E-state index contributed by atoms with van der Waals surface area (Å²) >= 11 is 0. The zero-order chi connectivity index (χ0) is 23.0. The molecule has 6 nitrogen and oxygen atoms in total. The molecular formula is C24H16F2O6. The Morgan fingerprint density at radius 2 is 1.81 bits per heavy atom. The van der Waals surface area contributed by atoms with Crippen molar-refractivity contribution in [2.24, 2.45) is 0 Å². The minimum Gasteiger partial charge on any atom is -0.455 e. The van der Waals surface area contributed by atoms with Crippen LogP contribution in [0.5, 0.6) is 5.75 Å². The Morgan fingerprint density at radius 3 is 2.47 bits per heavy atom. The number of aldehydes is 1. The van der Waals surface area contributed by atoms with Gasteiger partial charge in [-0.05, 0) is 24.6 Å². The lowest BCUT2D eigenvalue weighted by atomic mass is 9.91. The van der Waals surface area contributed by atoms with Crippen molar-refractivity contribution in [3.8, 4) is 28.2 Å². The minimum absolute atomic E-state index is 0.0550. The molecule has 0 fully saturated rings. The molecule has 2 aliphatic rings. The van der Waals surface area contributed by atoms with Crippen LogP contribution in [-0.4, -0.2) is 19.0 Å². The molecule has 0 aromatic heterocycles. The maximum absolute atomic E-state index is 14.8. The fourth-order valence-corrected chi connectivity index (χ4v) is 3.45. The van der Waals surface area contributed by atoms with Gasteiger partial charge in [0.15, 0.2) is 17.4 Å². The third-order valence-electron chi connectivity index (χ3n) is 5.01. The van der Waals surface area contributed by atoms with Crippen molar-refractivity contribution in [1.29, 1.82) is 0 Å². The first-order chi connectivity index (χ1) is 15.3. The van der Waals surface area contributed by atoms with Gasteiger partial charge >= 0.3 is 5.97 Å². The van der Waals surface area contributed by atoms with Gasteiger partial charge < -0.3 is 13.9 Å². The van der Waals surface area contributed by atoms with Gasteiger partial charge in [-0.25, -0.2) is 8.78 Å². The number of rotatable bonds is 5. The SMILES string of the molecule is CC(=O)OCOc1cc2oc3c(C)c(=O)c(F)cc-3c(-c3ccc(C=O)cc3)c2cc1F. The summed E-state index contributed by atoms with van der Waals surface area (Å²) in [6.45, 7) is 2.12. The topological polar surface area (TPSA) is 82.8 Å². The van der Waals surface area contributed by atoms with Crippen molar-refractivity contribution in [1.82, 2.24) is 0 Å². The summed E-state index contributed by atoms with van der Waals surface area (Å²) in [5, 5.41) is 0.297. The Kier molecular flexibility index (Phi) is 5.44. The van der Waals surface area contributed by atoms with E-state index >= 15 is 0 Å². The number of halogens is 2. The smallest absolute Gasteiger partial charge is 0.305 e. The van der Waals surface area contributed by atoms with E-state index in [1.165, 1.54) is 19.9 Å². The van der Waals surface area contributed by atoms with Gasteiger partial charge in [0.25, 0.3) is 0 Å². The van der Waals surface area contributed by atoms with Crippen LogP contribution in [0.1, 0.15) is 22.8 Å². The Bertz CT molecular complexity index is 1390. The molecule has 32 heavy (non-hydrogen) atoms. The van der Waals surface area contributed by atoms with E-state index in [4.69, 9.17) is 9.15 Å². The average molecular weight is 438 g/mol. The summed E-state index contributed by atoms with van der Waals surface area (Å²) in [6.07, 6.45) is 0.681. The molecule has 1 aliphatic carbocycles. The Balaban J connectivity index is 2.02. The maximum atomic E-state index is 14.8. The third-order valence-corrected chi connectivity index (χ3v) is 5.01. The minimum atomic E-state index is -0.961. The highest BCUT2D eigenvalue weighted by atomic mass is 19.1. The number of hydrogen-bond acceptors (Lipinski definition) is 6. The maximum Gasteiger partial charge on any atom is 0.305 e. The summed E-state index contributed by atoms with van der Waals surface area (Å²) in [4.78, 5) is 34.1. The largest absolute Gasteiger partial charge is 0.455 e. The molecule has 1 aliphatic heterocycles. The van der Waals surface area contributed by atoms with Crippen LogP contribution in [0.25, 0.3) is 33.4 Å². The quantitative estimate of drug-likeness (QED) is 0.192. The number of esters is 1. The van der Waals surface area contributed by atoms with Gasteiger partial charge in [-0.2, -0.15) is 0 Å². The van der Waals surface area contributed by atoms with Gasteiger partial charge in [0, 0.05) is 40.6 Å². The molecule has 0 N–H and O–H groups in total. The van der Waals surface area contributed by atoms with Crippen LogP contribution < -0.4 is 10.2 Å².